The maximum atomic E-state index is 5.85. The van der Waals surface area contributed by atoms with Crippen molar-refractivity contribution in [1.29, 1.82) is 0 Å². The minimum Gasteiger partial charge on any atom is -0.378 e. The molecule has 2 aliphatic rings. The maximum absolute atomic E-state index is 5.85. The van der Waals surface area contributed by atoms with Gasteiger partial charge in [0, 0.05) is 6.61 Å². The Kier molecular flexibility index (Phi) is 3.26. The second-order valence-corrected chi connectivity index (χ2v) is 4.63. The molecule has 0 saturated heterocycles. The van der Waals surface area contributed by atoms with E-state index in [1.54, 1.807) is 0 Å². The summed E-state index contributed by atoms with van der Waals surface area (Å²) in [6.07, 6.45) is 10.7. The number of fused-ring (bicyclic) bond motifs is 1. The van der Waals surface area contributed by atoms with Crippen molar-refractivity contribution in [2.75, 3.05) is 6.61 Å². The van der Waals surface area contributed by atoms with Crippen molar-refractivity contribution in [2.24, 2.45) is 11.8 Å². The highest BCUT2D eigenvalue weighted by Crippen LogP contribution is 2.41. The molecular formula is C12H22O. The molecule has 2 rings (SSSR count). The van der Waals surface area contributed by atoms with E-state index in [4.69, 9.17) is 4.74 Å². The Morgan fingerprint density at radius 2 is 1.77 bits per heavy atom. The van der Waals surface area contributed by atoms with Gasteiger partial charge in [-0.25, -0.2) is 0 Å². The van der Waals surface area contributed by atoms with Gasteiger partial charge in [0.2, 0.25) is 0 Å². The van der Waals surface area contributed by atoms with Crippen molar-refractivity contribution in [1.82, 2.24) is 0 Å². The Morgan fingerprint density at radius 3 is 2.62 bits per heavy atom. The third-order valence-corrected chi connectivity index (χ3v) is 3.89. The van der Waals surface area contributed by atoms with Crippen molar-refractivity contribution in [2.45, 2.75) is 58.0 Å². The largest absolute Gasteiger partial charge is 0.378 e. The lowest BCUT2D eigenvalue weighted by molar-refractivity contribution is -0.0417. The van der Waals surface area contributed by atoms with Crippen molar-refractivity contribution in [3.8, 4) is 0 Å². The van der Waals surface area contributed by atoms with Gasteiger partial charge in [-0.2, -0.15) is 0 Å². The molecule has 76 valence electrons. The van der Waals surface area contributed by atoms with Gasteiger partial charge in [0.25, 0.3) is 0 Å². The molecule has 1 unspecified atom stereocenters. The minimum atomic E-state index is 0.615. The number of hydrogen-bond donors (Lipinski definition) is 0. The fraction of sp³-hybridized carbons (Fsp3) is 1.00. The predicted molar refractivity (Wildman–Crippen MR) is 54.7 cm³/mol. The summed E-state index contributed by atoms with van der Waals surface area (Å²) in [5.41, 5.74) is 0. The molecule has 0 amide bonds. The van der Waals surface area contributed by atoms with Gasteiger partial charge in [-0.05, 0) is 38.0 Å². The van der Waals surface area contributed by atoms with E-state index < -0.39 is 0 Å². The van der Waals surface area contributed by atoms with Gasteiger partial charge in [0.15, 0.2) is 0 Å². The summed E-state index contributed by atoms with van der Waals surface area (Å²) in [6, 6.07) is 0. The molecular weight excluding hydrogens is 160 g/mol. The highest BCUT2D eigenvalue weighted by Gasteiger charge is 2.34. The molecule has 0 spiro atoms. The van der Waals surface area contributed by atoms with Gasteiger partial charge in [-0.1, -0.05) is 25.7 Å². The Labute approximate surface area is 81.9 Å². The van der Waals surface area contributed by atoms with Crippen LogP contribution in [0, 0.1) is 11.8 Å². The SMILES string of the molecule is CCOC1CCC[C@@H]2CCCC[C@@H]12. The molecule has 0 aromatic rings. The standard InChI is InChI=1S/C12H22O/c1-2-13-12-9-5-7-10-6-3-4-8-11(10)12/h10-12H,2-9H2,1H3/t10-,11+,12?/m0/s1. The molecule has 2 aliphatic carbocycles. The van der Waals surface area contributed by atoms with Crippen molar-refractivity contribution < 1.29 is 4.74 Å². The minimum absolute atomic E-state index is 0.615. The third kappa shape index (κ3) is 2.07. The van der Waals surface area contributed by atoms with Crippen molar-refractivity contribution >= 4 is 0 Å². The normalized spacial score (nSPS) is 39.9. The van der Waals surface area contributed by atoms with E-state index in [9.17, 15) is 0 Å². The highest BCUT2D eigenvalue weighted by molar-refractivity contribution is 4.85. The summed E-state index contributed by atoms with van der Waals surface area (Å²) in [6.45, 7) is 3.04. The van der Waals surface area contributed by atoms with Crippen LogP contribution in [0.1, 0.15) is 51.9 Å². The van der Waals surface area contributed by atoms with E-state index >= 15 is 0 Å². The quantitative estimate of drug-likeness (QED) is 0.636. The Hall–Kier alpha value is -0.0400. The smallest absolute Gasteiger partial charge is 0.0605 e. The summed E-state index contributed by atoms with van der Waals surface area (Å²) in [7, 11) is 0. The number of hydrogen-bond acceptors (Lipinski definition) is 1. The fourth-order valence-electron chi connectivity index (χ4n) is 3.30. The van der Waals surface area contributed by atoms with Gasteiger partial charge in [-0.15, -0.1) is 0 Å². The maximum Gasteiger partial charge on any atom is 0.0605 e. The second-order valence-electron chi connectivity index (χ2n) is 4.63. The van der Waals surface area contributed by atoms with Crippen LogP contribution in [0.2, 0.25) is 0 Å². The first-order valence-electron chi connectivity index (χ1n) is 6.03. The monoisotopic (exact) mass is 182 g/mol. The van der Waals surface area contributed by atoms with E-state index in [0.29, 0.717) is 6.10 Å². The van der Waals surface area contributed by atoms with Crippen LogP contribution in [0.4, 0.5) is 0 Å². The summed E-state index contributed by atoms with van der Waals surface area (Å²) < 4.78 is 5.85. The first-order chi connectivity index (χ1) is 6.42. The molecule has 0 radical (unpaired) electrons. The number of rotatable bonds is 2. The zero-order valence-corrected chi connectivity index (χ0v) is 8.80. The van der Waals surface area contributed by atoms with Crippen LogP contribution in [-0.4, -0.2) is 12.7 Å². The summed E-state index contributed by atoms with van der Waals surface area (Å²) >= 11 is 0. The molecule has 0 bridgehead atoms. The summed E-state index contributed by atoms with van der Waals surface area (Å²) in [5, 5.41) is 0. The molecule has 2 saturated carbocycles. The lowest BCUT2D eigenvalue weighted by Crippen LogP contribution is -2.36. The molecule has 1 nitrogen and oxygen atoms in total. The lowest BCUT2D eigenvalue weighted by atomic mass is 9.69. The molecule has 0 aliphatic heterocycles. The fourth-order valence-corrected chi connectivity index (χ4v) is 3.30. The van der Waals surface area contributed by atoms with Gasteiger partial charge >= 0.3 is 0 Å². The second kappa shape index (κ2) is 4.45. The van der Waals surface area contributed by atoms with Crippen molar-refractivity contribution in [3.05, 3.63) is 0 Å². The molecule has 0 N–H and O–H groups in total. The van der Waals surface area contributed by atoms with Crippen LogP contribution < -0.4 is 0 Å². The van der Waals surface area contributed by atoms with Crippen LogP contribution in [0.3, 0.4) is 0 Å². The van der Waals surface area contributed by atoms with Gasteiger partial charge in [-0.3, -0.25) is 0 Å². The molecule has 3 atom stereocenters. The Bertz CT molecular complexity index is 151. The van der Waals surface area contributed by atoms with E-state index in [2.05, 4.69) is 6.92 Å². The predicted octanol–water partition coefficient (Wildman–Crippen LogP) is 3.38. The molecule has 2 fully saturated rings. The third-order valence-electron chi connectivity index (χ3n) is 3.89. The lowest BCUT2D eigenvalue weighted by Gasteiger charge is -2.41. The van der Waals surface area contributed by atoms with Crippen LogP contribution in [0.5, 0.6) is 0 Å². The van der Waals surface area contributed by atoms with E-state index in [0.717, 1.165) is 18.4 Å². The summed E-state index contributed by atoms with van der Waals surface area (Å²) in [5.74, 6) is 1.93. The zero-order chi connectivity index (χ0) is 9.10. The Morgan fingerprint density at radius 1 is 1.00 bits per heavy atom. The average molecular weight is 182 g/mol. The molecule has 0 aromatic heterocycles. The highest BCUT2D eigenvalue weighted by atomic mass is 16.5. The summed E-state index contributed by atoms with van der Waals surface area (Å²) in [4.78, 5) is 0. The van der Waals surface area contributed by atoms with E-state index in [1.807, 2.05) is 0 Å². The first-order valence-corrected chi connectivity index (χ1v) is 6.03. The first kappa shape index (κ1) is 9.51. The average Bonchev–Trinajstić information content (AvgIpc) is 2.19. The van der Waals surface area contributed by atoms with Gasteiger partial charge < -0.3 is 4.74 Å². The molecule has 0 heterocycles. The van der Waals surface area contributed by atoms with Crippen LogP contribution in [0.25, 0.3) is 0 Å². The Balaban J connectivity index is 1.94. The topological polar surface area (TPSA) is 9.23 Å². The van der Waals surface area contributed by atoms with Crippen LogP contribution in [-0.2, 0) is 4.74 Å². The number of ether oxygens (including phenoxy) is 1. The molecule has 1 heteroatoms. The van der Waals surface area contributed by atoms with E-state index in [-0.39, 0.29) is 0 Å². The van der Waals surface area contributed by atoms with Gasteiger partial charge in [0.1, 0.15) is 0 Å². The van der Waals surface area contributed by atoms with Crippen LogP contribution >= 0.6 is 0 Å². The van der Waals surface area contributed by atoms with Gasteiger partial charge in [0.05, 0.1) is 6.10 Å². The van der Waals surface area contributed by atoms with Crippen LogP contribution in [0.15, 0.2) is 0 Å². The molecule has 0 aromatic carbocycles. The van der Waals surface area contributed by atoms with E-state index in [1.165, 1.54) is 44.9 Å². The zero-order valence-electron chi connectivity index (χ0n) is 8.80. The molecule has 13 heavy (non-hydrogen) atoms. The van der Waals surface area contributed by atoms with Crippen molar-refractivity contribution in [3.63, 3.8) is 0 Å².